The summed E-state index contributed by atoms with van der Waals surface area (Å²) in [5.74, 6) is 0.104. The third-order valence-corrected chi connectivity index (χ3v) is 2.92. The van der Waals surface area contributed by atoms with Crippen molar-refractivity contribution in [1.82, 2.24) is 0 Å². The van der Waals surface area contributed by atoms with E-state index < -0.39 is 5.63 Å². The number of halogens is 1. The van der Waals surface area contributed by atoms with Crippen LogP contribution < -0.4 is 5.63 Å². The SMILES string of the molecule is Cc1c(Cl)c(=O)oc2c(C)c(O)ccc12. The number of aryl methyl sites for hydroxylation is 2. The lowest BCUT2D eigenvalue weighted by Crippen LogP contribution is -2.02. The van der Waals surface area contributed by atoms with Crippen molar-refractivity contribution in [3.05, 3.63) is 38.7 Å². The van der Waals surface area contributed by atoms with E-state index in [1.54, 1.807) is 26.0 Å². The summed E-state index contributed by atoms with van der Waals surface area (Å²) in [5.41, 5.74) is 1.03. The predicted molar refractivity (Wildman–Crippen MR) is 58.6 cm³/mol. The summed E-state index contributed by atoms with van der Waals surface area (Å²) in [6.45, 7) is 3.44. The summed E-state index contributed by atoms with van der Waals surface area (Å²) in [5, 5.41) is 10.3. The first-order chi connectivity index (χ1) is 7.02. The summed E-state index contributed by atoms with van der Waals surface area (Å²) in [6, 6.07) is 3.24. The average molecular weight is 225 g/mol. The fraction of sp³-hybridized carbons (Fsp3) is 0.182. The predicted octanol–water partition coefficient (Wildman–Crippen LogP) is 2.77. The molecule has 0 aliphatic carbocycles. The summed E-state index contributed by atoms with van der Waals surface area (Å²) in [4.78, 5) is 11.3. The van der Waals surface area contributed by atoms with Crippen LogP contribution in [0.15, 0.2) is 21.3 Å². The van der Waals surface area contributed by atoms with Crippen molar-refractivity contribution in [2.45, 2.75) is 13.8 Å². The molecule has 0 spiro atoms. The molecule has 78 valence electrons. The Morgan fingerprint density at radius 2 is 1.93 bits per heavy atom. The molecule has 0 radical (unpaired) electrons. The molecule has 0 unspecified atom stereocenters. The van der Waals surface area contributed by atoms with Gasteiger partial charge in [-0.05, 0) is 31.5 Å². The molecule has 0 atom stereocenters. The molecule has 0 saturated heterocycles. The Labute approximate surface area is 90.9 Å². The van der Waals surface area contributed by atoms with E-state index in [0.717, 1.165) is 5.39 Å². The van der Waals surface area contributed by atoms with Gasteiger partial charge in [0, 0.05) is 10.9 Å². The Morgan fingerprint density at radius 3 is 2.60 bits per heavy atom. The molecule has 1 aromatic carbocycles. The number of benzene rings is 1. The van der Waals surface area contributed by atoms with E-state index in [1.165, 1.54) is 0 Å². The fourth-order valence-electron chi connectivity index (χ4n) is 1.52. The molecule has 0 bridgehead atoms. The van der Waals surface area contributed by atoms with Gasteiger partial charge in [-0.1, -0.05) is 11.6 Å². The normalized spacial score (nSPS) is 10.9. The summed E-state index contributed by atoms with van der Waals surface area (Å²) >= 11 is 5.78. The van der Waals surface area contributed by atoms with Crippen LogP contribution in [0.1, 0.15) is 11.1 Å². The number of fused-ring (bicyclic) bond motifs is 1. The summed E-state index contributed by atoms with van der Waals surface area (Å²) in [6.07, 6.45) is 0. The van der Waals surface area contributed by atoms with Crippen molar-refractivity contribution in [3.8, 4) is 5.75 Å². The van der Waals surface area contributed by atoms with E-state index in [-0.39, 0.29) is 10.8 Å². The monoisotopic (exact) mass is 224 g/mol. The zero-order valence-corrected chi connectivity index (χ0v) is 9.05. The molecule has 1 aromatic heterocycles. The second-order valence-corrected chi connectivity index (χ2v) is 3.79. The van der Waals surface area contributed by atoms with Crippen LogP contribution in [-0.2, 0) is 0 Å². The largest absolute Gasteiger partial charge is 0.508 e. The quantitative estimate of drug-likeness (QED) is 0.700. The Morgan fingerprint density at radius 1 is 1.27 bits per heavy atom. The molecule has 15 heavy (non-hydrogen) atoms. The lowest BCUT2D eigenvalue weighted by atomic mass is 10.1. The molecule has 0 aliphatic rings. The number of hydrogen-bond donors (Lipinski definition) is 1. The van der Waals surface area contributed by atoms with Gasteiger partial charge in [-0.2, -0.15) is 0 Å². The molecule has 2 rings (SSSR count). The van der Waals surface area contributed by atoms with E-state index in [1.807, 2.05) is 0 Å². The molecule has 1 heterocycles. The third kappa shape index (κ3) is 1.39. The van der Waals surface area contributed by atoms with Crippen molar-refractivity contribution in [1.29, 1.82) is 0 Å². The highest BCUT2D eigenvalue weighted by atomic mass is 35.5. The first-order valence-electron chi connectivity index (χ1n) is 4.44. The second-order valence-electron chi connectivity index (χ2n) is 3.41. The van der Waals surface area contributed by atoms with Crippen molar-refractivity contribution in [2.24, 2.45) is 0 Å². The van der Waals surface area contributed by atoms with Gasteiger partial charge in [-0.15, -0.1) is 0 Å². The first kappa shape index (κ1) is 10.1. The van der Waals surface area contributed by atoms with Crippen LogP contribution in [0.3, 0.4) is 0 Å². The zero-order valence-electron chi connectivity index (χ0n) is 8.30. The molecule has 1 N–H and O–H groups in total. The number of phenolic OH excluding ortho intramolecular Hbond substituents is 1. The van der Waals surface area contributed by atoms with Crippen molar-refractivity contribution in [2.75, 3.05) is 0 Å². The first-order valence-corrected chi connectivity index (χ1v) is 4.81. The molecule has 0 fully saturated rings. The topological polar surface area (TPSA) is 50.4 Å². The van der Waals surface area contributed by atoms with Gasteiger partial charge in [0.05, 0.1) is 0 Å². The minimum Gasteiger partial charge on any atom is -0.508 e. The molecule has 0 aliphatic heterocycles. The highest BCUT2D eigenvalue weighted by Crippen LogP contribution is 2.29. The summed E-state index contributed by atoms with van der Waals surface area (Å²) in [7, 11) is 0. The Balaban J connectivity index is 3.05. The lowest BCUT2D eigenvalue weighted by Gasteiger charge is -2.06. The van der Waals surface area contributed by atoms with Crippen LogP contribution in [0, 0.1) is 13.8 Å². The number of hydrogen-bond acceptors (Lipinski definition) is 3. The smallest absolute Gasteiger partial charge is 0.355 e. The molecule has 0 amide bonds. The fourth-order valence-corrected chi connectivity index (χ4v) is 1.66. The van der Waals surface area contributed by atoms with E-state index in [2.05, 4.69) is 0 Å². The van der Waals surface area contributed by atoms with Gasteiger partial charge in [0.25, 0.3) is 0 Å². The highest BCUT2D eigenvalue weighted by Gasteiger charge is 2.12. The van der Waals surface area contributed by atoms with Crippen LogP contribution in [-0.4, -0.2) is 5.11 Å². The van der Waals surface area contributed by atoms with Gasteiger partial charge < -0.3 is 9.52 Å². The standard InChI is InChI=1S/C11H9ClO3/c1-5-7-3-4-8(13)6(2)10(7)15-11(14)9(5)12/h3-4,13H,1-2H3. The second kappa shape index (κ2) is 3.28. The third-order valence-electron chi connectivity index (χ3n) is 2.48. The van der Waals surface area contributed by atoms with Crippen LogP contribution in [0.4, 0.5) is 0 Å². The Bertz CT molecular complexity index is 599. The number of rotatable bonds is 0. The number of aromatic hydroxyl groups is 1. The summed E-state index contributed by atoms with van der Waals surface area (Å²) < 4.78 is 5.04. The minimum absolute atomic E-state index is 0.0904. The van der Waals surface area contributed by atoms with Gasteiger partial charge in [-0.25, -0.2) is 4.79 Å². The minimum atomic E-state index is -0.574. The zero-order chi connectivity index (χ0) is 11.2. The average Bonchev–Trinajstić information content (AvgIpc) is 2.21. The molecular weight excluding hydrogens is 216 g/mol. The highest BCUT2D eigenvalue weighted by molar-refractivity contribution is 6.31. The maximum atomic E-state index is 11.3. The van der Waals surface area contributed by atoms with Crippen molar-refractivity contribution >= 4 is 22.6 Å². The van der Waals surface area contributed by atoms with Crippen LogP contribution >= 0.6 is 11.6 Å². The Hall–Kier alpha value is -1.48. The van der Waals surface area contributed by atoms with Gasteiger partial charge in [0.2, 0.25) is 0 Å². The lowest BCUT2D eigenvalue weighted by molar-refractivity contribution is 0.468. The van der Waals surface area contributed by atoms with Gasteiger partial charge >= 0.3 is 5.63 Å². The van der Waals surface area contributed by atoms with Crippen LogP contribution in [0.5, 0.6) is 5.75 Å². The van der Waals surface area contributed by atoms with E-state index >= 15 is 0 Å². The molecule has 2 aromatic rings. The maximum Gasteiger partial charge on any atom is 0.355 e. The van der Waals surface area contributed by atoms with Crippen molar-refractivity contribution < 1.29 is 9.52 Å². The Kier molecular flexibility index (Phi) is 2.20. The van der Waals surface area contributed by atoms with E-state index in [9.17, 15) is 9.90 Å². The van der Waals surface area contributed by atoms with Crippen LogP contribution in [0.2, 0.25) is 5.02 Å². The molecule has 3 nitrogen and oxygen atoms in total. The van der Waals surface area contributed by atoms with Crippen LogP contribution in [0.25, 0.3) is 11.0 Å². The maximum absolute atomic E-state index is 11.3. The molecular formula is C11H9ClO3. The van der Waals surface area contributed by atoms with E-state index in [0.29, 0.717) is 16.7 Å². The van der Waals surface area contributed by atoms with E-state index in [4.69, 9.17) is 16.0 Å². The molecule has 4 heteroatoms. The van der Waals surface area contributed by atoms with Crippen molar-refractivity contribution in [3.63, 3.8) is 0 Å². The molecule has 0 saturated carbocycles. The number of phenols is 1. The van der Waals surface area contributed by atoms with Gasteiger partial charge in [0.15, 0.2) is 0 Å². The van der Waals surface area contributed by atoms with Gasteiger partial charge in [0.1, 0.15) is 16.4 Å². The van der Waals surface area contributed by atoms with Gasteiger partial charge in [-0.3, -0.25) is 0 Å².